The maximum atomic E-state index is 12.3. The quantitative estimate of drug-likeness (QED) is 0.897. The Labute approximate surface area is 129 Å². The summed E-state index contributed by atoms with van der Waals surface area (Å²) in [6.07, 6.45) is 4.26. The number of rotatable bonds is 4. The number of fused-ring (bicyclic) bond motifs is 1. The summed E-state index contributed by atoms with van der Waals surface area (Å²) in [6.45, 7) is 0.661. The van der Waals surface area contributed by atoms with E-state index in [9.17, 15) is 9.90 Å². The zero-order valence-corrected chi connectivity index (χ0v) is 12.7. The number of ether oxygens (including phenoxy) is 1. The fraction of sp³-hybridized carbons (Fsp3) is 0.562. The van der Waals surface area contributed by atoms with E-state index in [1.807, 2.05) is 6.07 Å². The van der Waals surface area contributed by atoms with Crippen LogP contribution in [0.15, 0.2) is 18.2 Å². The van der Waals surface area contributed by atoms with Crippen molar-refractivity contribution in [3.8, 4) is 5.75 Å². The third-order valence-electron chi connectivity index (χ3n) is 4.63. The second-order valence-electron chi connectivity index (χ2n) is 6.15. The molecule has 1 aliphatic heterocycles. The van der Waals surface area contributed by atoms with Crippen molar-refractivity contribution in [2.45, 2.75) is 38.2 Å². The van der Waals surface area contributed by atoms with E-state index in [0.717, 1.165) is 37.0 Å². The molecule has 1 aromatic carbocycles. The Hall–Kier alpha value is -1.26. The van der Waals surface area contributed by atoms with Crippen LogP contribution in [0.4, 0.5) is 0 Å². The molecule has 114 valence electrons. The molecule has 1 amide bonds. The average Bonchev–Trinajstić information content (AvgIpc) is 3.11. The van der Waals surface area contributed by atoms with E-state index in [-0.39, 0.29) is 17.9 Å². The van der Waals surface area contributed by atoms with Gasteiger partial charge in [-0.25, -0.2) is 0 Å². The summed E-state index contributed by atoms with van der Waals surface area (Å²) in [5, 5.41) is 13.2. The molecule has 4 nitrogen and oxygen atoms in total. The molecule has 1 atom stereocenters. The predicted molar refractivity (Wildman–Crippen MR) is 80.6 cm³/mol. The SMILES string of the molecule is O=C(NCC1(CO)CCCC1)C1Cc2cc(Cl)ccc2O1. The fourth-order valence-electron chi connectivity index (χ4n) is 3.27. The van der Waals surface area contributed by atoms with Gasteiger partial charge in [-0.3, -0.25) is 4.79 Å². The lowest BCUT2D eigenvalue weighted by molar-refractivity contribution is -0.127. The zero-order chi connectivity index (χ0) is 14.9. The van der Waals surface area contributed by atoms with Gasteiger partial charge in [0.2, 0.25) is 0 Å². The number of benzene rings is 1. The molecule has 1 heterocycles. The Bertz CT molecular complexity index is 540. The summed E-state index contributed by atoms with van der Waals surface area (Å²) < 4.78 is 5.67. The molecule has 1 fully saturated rings. The van der Waals surface area contributed by atoms with E-state index in [2.05, 4.69) is 5.32 Å². The van der Waals surface area contributed by atoms with Crippen molar-refractivity contribution in [2.24, 2.45) is 5.41 Å². The van der Waals surface area contributed by atoms with Gasteiger partial charge in [-0.1, -0.05) is 24.4 Å². The highest BCUT2D eigenvalue weighted by Crippen LogP contribution is 2.37. The number of aliphatic hydroxyl groups is 1. The van der Waals surface area contributed by atoms with Crippen molar-refractivity contribution in [3.63, 3.8) is 0 Å². The summed E-state index contributed by atoms with van der Waals surface area (Å²) in [7, 11) is 0. The minimum atomic E-state index is -0.490. The molecule has 1 unspecified atom stereocenters. The molecule has 21 heavy (non-hydrogen) atoms. The maximum Gasteiger partial charge on any atom is 0.261 e. The van der Waals surface area contributed by atoms with Crippen molar-refractivity contribution in [2.75, 3.05) is 13.2 Å². The van der Waals surface area contributed by atoms with E-state index in [1.165, 1.54) is 0 Å². The Kier molecular flexibility index (Phi) is 4.09. The Morgan fingerprint density at radius 3 is 2.90 bits per heavy atom. The molecule has 0 aromatic heterocycles. The lowest BCUT2D eigenvalue weighted by atomic mass is 9.87. The standard InChI is InChI=1S/C16H20ClNO3/c17-12-3-4-13-11(7-12)8-14(21-13)15(20)18-9-16(10-19)5-1-2-6-16/h3-4,7,14,19H,1-2,5-6,8-10H2,(H,18,20). The smallest absolute Gasteiger partial charge is 0.261 e. The van der Waals surface area contributed by atoms with Gasteiger partial charge in [0, 0.05) is 23.4 Å². The summed E-state index contributed by atoms with van der Waals surface area (Å²) in [5.74, 6) is 0.624. The minimum absolute atomic E-state index is 0.109. The molecule has 3 rings (SSSR count). The van der Waals surface area contributed by atoms with Crippen molar-refractivity contribution in [1.29, 1.82) is 0 Å². The van der Waals surface area contributed by atoms with E-state index in [4.69, 9.17) is 16.3 Å². The van der Waals surface area contributed by atoms with Gasteiger partial charge in [-0.15, -0.1) is 0 Å². The number of hydrogen-bond acceptors (Lipinski definition) is 3. The van der Waals surface area contributed by atoms with Crippen molar-refractivity contribution in [3.05, 3.63) is 28.8 Å². The molecule has 1 aromatic rings. The molecule has 0 bridgehead atoms. The minimum Gasteiger partial charge on any atom is -0.480 e. The first-order valence-corrected chi connectivity index (χ1v) is 7.83. The highest BCUT2D eigenvalue weighted by atomic mass is 35.5. The number of carbonyl (C=O) groups excluding carboxylic acids is 1. The molecule has 2 aliphatic rings. The number of hydrogen-bond donors (Lipinski definition) is 2. The van der Waals surface area contributed by atoms with Crippen LogP contribution in [-0.2, 0) is 11.2 Å². The van der Waals surface area contributed by atoms with Gasteiger partial charge < -0.3 is 15.2 Å². The van der Waals surface area contributed by atoms with Crippen molar-refractivity contribution < 1.29 is 14.6 Å². The first kappa shape index (κ1) is 14.7. The maximum absolute atomic E-state index is 12.3. The van der Waals surface area contributed by atoms with Crippen LogP contribution in [0, 0.1) is 5.41 Å². The summed E-state index contributed by atoms with van der Waals surface area (Å²) >= 11 is 5.95. The van der Waals surface area contributed by atoms with Crippen LogP contribution >= 0.6 is 11.6 Å². The topological polar surface area (TPSA) is 58.6 Å². The third-order valence-corrected chi connectivity index (χ3v) is 4.86. The van der Waals surface area contributed by atoms with E-state index < -0.39 is 6.10 Å². The average molecular weight is 310 g/mol. The number of amides is 1. The monoisotopic (exact) mass is 309 g/mol. The van der Waals surface area contributed by atoms with Crippen LogP contribution < -0.4 is 10.1 Å². The lowest BCUT2D eigenvalue weighted by Gasteiger charge is -2.27. The molecule has 0 saturated heterocycles. The summed E-state index contributed by atoms with van der Waals surface area (Å²) in [4.78, 5) is 12.3. The molecular weight excluding hydrogens is 290 g/mol. The van der Waals surface area contributed by atoms with Crippen molar-refractivity contribution in [1.82, 2.24) is 5.32 Å². The van der Waals surface area contributed by atoms with Crippen molar-refractivity contribution >= 4 is 17.5 Å². The third kappa shape index (κ3) is 3.01. The van der Waals surface area contributed by atoms with Gasteiger partial charge in [0.1, 0.15) is 5.75 Å². The van der Waals surface area contributed by atoms with E-state index >= 15 is 0 Å². The molecule has 5 heteroatoms. The van der Waals surface area contributed by atoms with Gasteiger partial charge in [0.15, 0.2) is 6.10 Å². The molecule has 0 spiro atoms. The molecule has 2 N–H and O–H groups in total. The van der Waals surface area contributed by atoms with Crippen LogP contribution in [0.5, 0.6) is 5.75 Å². The number of nitrogens with one attached hydrogen (secondary N) is 1. The highest BCUT2D eigenvalue weighted by molar-refractivity contribution is 6.30. The van der Waals surface area contributed by atoms with Gasteiger partial charge in [0.25, 0.3) is 5.91 Å². The fourth-order valence-corrected chi connectivity index (χ4v) is 3.46. The van der Waals surface area contributed by atoms with Crippen LogP contribution in [0.1, 0.15) is 31.2 Å². The largest absolute Gasteiger partial charge is 0.480 e. The highest BCUT2D eigenvalue weighted by Gasteiger charge is 2.35. The molecule has 1 saturated carbocycles. The second-order valence-corrected chi connectivity index (χ2v) is 6.58. The number of carbonyl (C=O) groups is 1. The van der Waals surface area contributed by atoms with Crippen LogP contribution in [-0.4, -0.2) is 30.3 Å². The lowest BCUT2D eigenvalue weighted by Crippen LogP contribution is -2.44. The van der Waals surface area contributed by atoms with E-state index in [0.29, 0.717) is 18.0 Å². The van der Waals surface area contributed by atoms with Gasteiger partial charge in [0.05, 0.1) is 6.61 Å². The van der Waals surface area contributed by atoms with Crippen LogP contribution in [0.3, 0.4) is 0 Å². The zero-order valence-electron chi connectivity index (χ0n) is 11.9. The summed E-state index contributed by atoms with van der Waals surface area (Å²) in [5.41, 5.74) is 0.838. The Morgan fingerprint density at radius 2 is 2.19 bits per heavy atom. The van der Waals surface area contributed by atoms with Crippen LogP contribution in [0.2, 0.25) is 5.02 Å². The van der Waals surface area contributed by atoms with E-state index in [1.54, 1.807) is 12.1 Å². The van der Waals surface area contributed by atoms with Gasteiger partial charge >= 0.3 is 0 Å². The predicted octanol–water partition coefficient (Wildman–Crippen LogP) is 2.31. The Morgan fingerprint density at radius 1 is 1.43 bits per heavy atom. The number of aliphatic hydroxyl groups excluding tert-OH is 1. The normalized spacial score (nSPS) is 22.7. The van der Waals surface area contributed by atoms with Gasteiger partial charge in [-0.2, -0.15) is 0 Å². The van der Waals surface area contributed by atoms with Gasteiger partial charge in [-0.05, 0) is 36.6 Å². The molecule has 0 radical (unpaired) electrons. The molecular formula is C16H20ClNO3. The summed E-state index contributed by atoms with van der Waals surface area (Å²) in [6, 6.07) is 5.41. The molecule has 1 aliphatic carbocycles. The first-order chi connectivity index (χ1) is 10.1. The first-order valence-electron chi connectivity index (χ1n) is 7.46. The van der Waals surface area contributed by atoms with Crippen LogP contribution in [0.25, 0.3) is 0 Å². The number of halogens is 1. The second kappa shape index (κ2) is 5.85. The Balaban J connectivity index is 1.58.